The van der Waals surface area contributed by atoms with Crippen LogP contribution in [0, 0.1) is 124 Å². The Kier molecular flexibility index (Phi) is 21.0. The van der Waals surface area contributed by atoms with Gasteiger partial charge < -0.3 is 9.47 Å². The summed E-state index contributed by atoms with van der Waals surface area (Å²) in [6.45, 7) is 23.6. The summed E-state index contributed by atoms with van der Waals surface area (Å²) >= 11 is 0. The summed E-state index contributed by atoms with van der Waals surface area (Å²) in [5.41, 5.74) is 14.2. The molecule has 2 aliphatic rings. The van der Waals surface area contributed by atoms with E-state index in [2.05, 4.69) is 65.8 Å². The van der Waals surface area contributed by atoms with Crippen LogP contribution >= 0.6 is 0 Å². The Morgan fingerprint density at radius 3 is 1.04 bits per heavy atom. The standard InChI is InChI=1S/C33H38F4O.C33H39F3O.2CH4/c1-19-11-22(4)32(23(5)12-19)38-33(36,37)28-17-30(34)29(31(35)18-28)16-26-9-7-25(8-10-26)15-27-13-20(2)24(6)21(3)14-27;1-20-13-23(4)32(24(5)14-20)37-33(35,36)30-12-11-29(31(34)19-30)18-27-9-7-26(8-10-27)17-28-15-21(2)25(6)22(3)16-28;;/h11-14,17-18,25-26H,7-10,15-16H2,1-6H3;11-16,19,26-27H,7-10,17-18H2,1-6H3;2*1H4. The first-order valence-corrected chi connectivity index (χ1v) is 27.0. The number of aryl methyl sites for hydroxylation is 10. The van der Waals surface area contributed by atoms with Crippen LogP contribution < -0.4 is 9.47 Å². The predicted octanol–water partition coefficient (Wildman–Crippen LogP) is 20.2. The van der Waals surface area contributed by atoms with Crippen molar-refractivity contribution in [3.63, 3.8) is 0 Å². The number of hydrogen-bond donors (Lipinski definition) is 0. The number of rotatable bonds is 14. The second-order valence-electron chi connectivity index (χ2n) is 22.7. The van der Waals surface area contributed by atoms with Crippen molar-refractivity contribution in [2.24, 2.45) is 23.7 Å². The van der Waals surface area contributed by atoms with E-state index in [4.69, 9.17) is 9.47 Å². The Hall–Kier alpha value is -5.57. The highest BCUT2D eigenvalue weighted by Gasteiger charge is 2.39. The fraction of sp³-hybridized carbons (Fsp3) is 0.471. The molecule has 0 N–H and O–H groups in total. The van der Waals surface area contributed by atoms with E-state index in [0.29, 0.717) is 52.0 Å². The Morgan fingerprint density at radius 2 is 0.688 bits per heavy atom. The molecule has 0 aromatic heterocycles. The van der Waals surface area contributed by atoms with E-state index in [1.807, 2.05) is 13.8 Å². The molecule has 0 aliphatic heterocycles. The topological polar surface area (TPSA) is 18.5 Å². The average Bonchev–Trinajstić information content (AvgIpc) is 3.33. The SMILES string of the molecule is C.C.Cc1cc(C)c(OC(F)(F)c2cc(F)c(CC3CCC(Cc4cc(C)c(C)c(C)c4)CC3)c(F)c2)c(C)c1.Cc1cc(C)c(OC(F)(F)c2ccc(CC3CCC(Cc4cc(C)c(C)c(C)c4)CC3)c(F)c2)c(C)c1. The monoisotopic (exact) mass is 1070 g/mol. The second kappa shape index (κ2) is 25.9. The first kappa shape index (κ1) is 62.3. The maximum absolute atomic E-state index is 15.0. The van der Waals surface area contributed by atoms with Crippen LogP contribution in [0.25, 0.3) is 0 Å². The lowest BCUT2D eigenvalue weighted by molar-refractivity contribution is -0.186. The lowest BCUT2D eigenvalue weighted by atomic mass is 9.76. The Labute approximate surface area is 457 Å². The molecule has 2 saturated carbocycles. The van der Waals surface area contributed by atoms with Crippen LogP contribution in [0.5, 0.6) is 11.5 Å². The molecule has 0 bridgehead atoms. The van der Waals surface area contributed by atoms with E-state index in [0.717, 1.165) is 93.5 Å². The highest BCUT2D eigenvalue weighted by molar-refractivity contribution is 5.45. The van der Waals surface area contributed by atoms with Gasteiger partial charge >= 0.3 is 12.2 Å². The van der Waals surface area contributed by atoms with Crippen LogP contribution in [-0.2, 0) is 37.9 Å². The minimum absolute atomic E-state index is 0. The average molecular weight is 1070 g/mol. The third-order valence-corrected chi connectivity index (χ3v) is 16.5. The molecule has 0 heterocycles. The maximum atomic E-state index is 15.0. The van der Waals surface area contributed by atoms with Gasteiger partial charge in [-0.25, -0.2) is 13.2 Å². The van der Waals surface area contributed by atoms with E-state index < -0.39 is 40.8 Å². The Morgan fingerprint density at radius 1 is 0.377 bits per heavy atom. The molecule has 2 nitrogen and oxygen atoms in total. The molecule has 0 atom stereocenters. The highest BCUT2D eigenvalue weighted by atomic mass is 19.3. The van der Waals surface area contributed by atoms with Crippen molar-refractivity contribution in [3.8, 4) is 11.5 Å². The van der Waals surface area contributed by atoms with Gasteiger partial charge in [0.2, 0.25) is 0 Å². The largest absolute Gasteiger partial charge is 0.428 e. The third-order valence-electron chi connectivity index (χ3n) is 16.5. The summed E-state index contributed by atoms with van der Waals surface area (Å²) in [6.07, 6.45) is 3.51. The van der Waals surface area contributed by atoms with Crippen LogP contribution in [0.1, 0.15) is 166 Å². The van der Waals surface area contributed by atoms with Gasteiger partial charge in [-0.2, -0.15) is 17.6 Å². The molecule has 0 saturated heterocycles. The van der Waals surface area contributed by atoms with Gasteiger partial charge in [0.25, 0.3) is 0 Å². The molecular weight excluding hydrogens is 982 g/mol. The first-order chi connectivity index (χ1) is 35.3. The van der Waals surface area contributed by atoms with Crippen molar-refractivity contribution in [1.82, 2.24) is 0 Å². The van der Waals surface area contributed by atoms with Gasteiger partial charge in [0.15, 0.2) is 0 Å². The molecule has 0 unspecified atom stereocenters. The van der Waals surface area contributed by atoms with E-state index >= 15 is 0 Å². The van der Waals surface area contributed by atoms with Crippen molar-refractivity contribution in [3.05, 3.63) is 196 Å². The minimum Gasteiger partial charge on any atom is -0.428 e. The number of benzene rings is 6. The smallest absolute Gasteiger partial charge is 0.426 e. The molecule has 418 valence electrons. The molecule has 0 spiro atoms. The van der Waals surface area contributed by atoms with E-state index in [9.17, 15) is 30.7 Å². The fourth-order valence-electron chi connectivity index (χ4n) is 11.9. The summed E-state index contributed by atoms with van der Waals surface area (Å²) in [4.78, 5) is 0. The van der Waals surface area contributed by atoms with E-state index in [1.54, 1.807) is 52.0 Å². The van der Waals surface area contributed by atoms with E-state index in [1.165, 1.54) is 56.6 Å². The predicted molar refractivity (Wildman–Crippen MR) is 304 cm³/mol. The fourth-order valence-corrected chi connectivity index (χ4v) is 11.9. The van der Waals surface area contributed by atoms with Gasteiger partial charge in [-0.3, -0.25) is 0 Å². The van der Waals surface area contributed by atoms with Gasteiger partial charge in [-0.05, 0) is 280 Å². The van der Waals surface area contributed by atoms with Crippen molar-refractivity contribution >= 4 is 0 Å². The zero-order chi connectivity index (χ0) is 54.7. The Balaban J connectivity index is 0.000000277. The van der Waals surface area contributed by atoms with Gasteiger partial charge in [0, 0.05) is 5.56 Å². The van der Waals surface area contributed by atoms with Crippen LogP contribution in [0.4, 0.5) is 30.7 Å². The molecule has 6 aromatic rings. The molecule has 2 aliphatic carbocycles. The molecule has 8 rings (SSSR count). The summed E-state index contributed by atoms with van der Waals surface area (Å²) in [6, 6.07) is 21.5. The second-order valence-corrected chi connectivity index (χ2v) is 22.7. The summed E-state index contributed by atoms with van der Waals surface area (Å²) in [5, 5.41) is 0. The number of alkyl halides is 4. The van der Waals surface area contributed by atoms with Crippen molar-refractivity contribution < 1.29 is 40.2 Å². The molecule has 6 aromatic carbocycles. The van der Waals surface area contributed by atoms with Crippen LogP contribution in [-0.4, -0.2) is 0 Å². The van der Waals surface area contributed by atoms with E-state index in [-0.39, 0.29) is 44.3 Å². The molecular formula is C68H85F7O2. The number of hydrogen-bond acceptors (Lipinski definition) is 2. The molecule has 0 radical (unpaired) electrons. The van der Waals surface area contributed by atoms with Gasteiger partial charge in [0.1, 0.15) is 29.0 Å². The number of halogens is 7. The first-order valence-electron chi connectivity index (χ1n) is 27.0. The van der Waals surface area contributed by atoms with Gasteiger partial charge in [-0.15, -0.1) is 0 Å². The van der Waals surface area contributed by atoms with Gasteiger partial charge in [-0.1, -0.05) is 80.6 Å². The molecule has 0 amide bonds. The lowest BCUT2D eigenvalue weighted by Crippen LogP contribution is -2.24. The number of ether oxygens (including phenoxy) is 2. The quantitative estimate of drug-likeness (QED) is 0.101. The Bertz CT molecular complexity index is 2880. The zero-order valence-corrected chi connectivity index (χ0v) is 46.3. The summed E-state index contributed by atoms with van der Waals surface area (Å²) < 4.78 is 115. The molecule has 77 heavy (non-hydrogen) atoms. The van der Waals surface area contributed by atoms with Crippen molar-refractivity contribution in [2.45, 2.75) is 187 Å². The normalized spacial score (nSPS) is 17.6. The van der Waals surface area contributed by atoms with Crippen LogP contribution in [0.15, 0.2) is 78.9 Å². The molecule has 2 fully saturated rings. The van der Waals surface area contributed by atoms with Crippen LogP contribution in [0.3, 0.4) is 0 Å². The molecule has 9 heteroatoms. The summed E-state index contributed by atoms with van der Waals surface area (Å²) in [7, 11) is 0. The summed E-state index contributed by atoms with van der Waals surface area (Å²) in [5.74, 6) is -0.563. The highest BCUT2D eigenvalue weighted by Crippen LogP contribution is 2.41. The van der Waals surface area contributed by atoms with Gasteiger partial charge in [0.05, 0.1) is 11.1 Å². The zero-order valence-electron chi connectivity index (χ0n) is 46.3. The lowest BCUT2D eigenvalue weighted by Gasteiger charge is -2.29. The van der Waals surface area contributed by atoms with Crippen molar-refractivity contribution in [1.29, 1.82) is 0 Å². The van der Waals surface area contributed by atoms with Crippen LogP contribution in [0.2, 0.25) is 0 Å². The minimum atomic E-state index is -3.87. The third kappa shape index (κ3) is 15.6. The van der Waals surface area contributed by atoms with Crippen molar-refractivity contribution in [2.75, 3.05) is 0 Å². The maximum Gasteiger partial charge on any atom is 0.426 e.